The van der Waals surface area contributed by atoms with Crippen molar-refractivity contribution in [3.8, 4) is 17.1 Å². The van der Waals surface area contributed by atoms with E-state index in [4.69, 9.17) is 14.4 Å². The van der Waals surface area contributed by atoms with Crippen molar-refractivity contribution < 1.29 is 19.2 Å². The molecule has 1 heterocycles. The summed E-state index contributed by atoms with van der Waals surface area (Å²) in [5.41, 5.74) is 1.61. The van der Waals surface area contributed by atoms with Crippen LogP contribution in [0.15, 0.2) is 28.8 Å². The van der Waals surface area contributed by atoms with Gasteiger partial charge in [0.15, 0.2) is 11.5 Å². The van der Waals surface area contributed by atoms with Crippen molar-refractivity contribution in [1.82, 2.24) is 5.16 Å². The minimum absolute atomic E-state index is 0.112. The summed E-state index contributed by atoms with van der Waals surface area (Å²) in [6.07, 6.45) is 0. The monoisotopic (exact) mass is 233 g/mol. The fourth-order valence-electron chi connectivity index (χ4n) is 1.49. The van der Waals surface area contributed by atoms with Crippen LogP contribution < -0.4 is 4.74 Å². The first-order valence-corrected chi connectivity index (χ1v) is 4.97. The highest BCUT2D eigenvalue weighted by Crippen LogP contribution is 2.27. The van der Waals surface area contributed by atoms with E-state index < -0.39 is 5.97 Å². The molecule has 88 valence electrons. The van der Waals surface area contributed by atoms with Gasteiger partial charge >= 0.3 is 5.97 Å². The maximum atomic E-state index is 10.7. The summed E-state index contributed by atoms with van der Waals surface area (Å²) in [6, 6.07) is 6.86. The van der Waals surface area contributed by atoms with Crippen LogP contribution in [-0.4, -0.2) is 23.3 Å². The van der Waals surface area contributed by atoms with Gasteiger partial charge in [-0.3, -0.25) is 0 Å². The average Bonchev–Trinajstić information content (AvgIpc) is 2.79. The number of aromatic carboxylic acids is 1. The van der Waals surface area contributed by atoms with Crippen LogP contribution in [0.1, 0.15) is 16.1 Å². The molecule has 0 atom stereocenters. The van der Waals surface area contributed by atoms with Crippen LogP contribution in [0.25, 0.3) is 11.3 Å². The van der Waals surface area contributed by atoms with Gasteiger partial charge in [0.05, 0.1) is 7.11 Å². The standard InChI is InChI=1S/C12H11NO4/c1-7-3-4-8(5-10(7)16-2)11-6-9(12(14)15)13-17-11/h3-6H,1-2H3,(H,14,15). The molecule has 0 aliphatic heterocycles. The lowest BCUT2D eigenvalue weighted by Gasteiger charge is -2.05. The Labute approximate surface area is 97.6 Å². The van der Waals surface area contributed by atoms with Crippen LogP contribution in [0.2, 0.25) is 0 Å². The first-order valence-electron chi connectivity index (χ1n) is 4.97. The van der Waals surface area contributed by atoms with Crippen LogP contribution >= 0.6 is 0 Å². The van der Waals surface area contributed by atoms with Crippen molar-refractivity contribution in [2.75, 3.05) is 7.11 Å². The fraction of sp³-hybridized carbons (Fsp3) is 0.167. The number of rotatable bonds is 3. The molecule has 5 nitrogen and oxygen atoms in total. The molecule has 0 fully saturated rings. The molecule has 2 aromatic rings. The maximum Gasteiger partial charge on any atom is 0.358 e. The highest BCUT2D eigenvalue weighted by atomic mass is 16.5. The van der Waals surface area contributed by atoms with E-state index in [-0.39, 0.29) is 5.69 Å². The van der Waals surface area contributed by atoms with Crippen molar-refractivity contribution in [2.24, 2.45) is 0 Å². The maximum absolute atomic E-state index is 10.7. The van der Waals surface area contributed by atoms with Gasteiger partial charge in [-0.2, -0.15) is 0 Å². The highest BCUT2D eigenvalue weighted by Gasteiger charge is 2.13. The van der Waals surface area contributed by atoms with Crippen LogP contribution in [0.3, 0.4) is 0 Å². The van der Waals surface area contributed by atoms with Crippen molar-refractivity contribution in [3.05, 3.63) is 35.5 Å². The minimum atomic E-state index is -1.11. The third kappa shape index (κ3) is 2.13. The molecule has 17 heavy (non-hydrogen) atoms. The van der Waals surface area contributed by atoms with E-state index in [0.717, 1.165) is 16.9 Å². The summed E-state index contributed by atoms with van der Waals surface area (Å²) in [7, 11) is 1.58. The van der Waals surface area contributed by atoms with Gasteiger partial charge in [-0.15, -0.1) is 0 Å². The summed E-state index contributed by atoms with van der Waals surface area (Å²) in [5.74, 6) is 0.00977. The zero-order valence-corrected chi connectivity index (χ0v) is 9.43. The van der Waals surface area contributed by atoms with Gasteiger partial charge < -0.3 is 14.4 Å². The number of carboxylic acids is 1. The van der Waals surface area contributed by atoms with E-state index in [1.165, 1.54) is 6.07 Å². The lowest BCUT2D eigenvalue weighted by Crippen LogP contribution is -1.94. The summed E-state index contributed by atoms with van der Waals surface area (Å²) < 4.78 is 10.1. The number of carboxylic acid groups (broad SMARTS) is 1. The van der Waals surface area contributed by atoms with Crippen molar-refractivity contribution in [1.29, 1.82) is 0 Å². The second kappa shape index (κ2) is 4.29. The normalized spacial score (nSPS) is 10.2. The van der Waals surface area contributed by atoms with Crippen LogP contribution in [-0.2, 0) is 0 Å². The Morgan fingerprint density at radius 1 is 1.41 bits per heavy atom. The largest absolute Gasteiger partial charge is 0.496 e. The topological polar surface area (TPSA) is 72.6 Å². The molecule has 0 saturated carbocycles. The average molecular weight is 233 g/mol. The fourth-order valence-corrected chi connectivity index (χ4v) is 1.49. The highest BCUT2D eigenvalue weighted by molar-refractivity contribution is 5.86. The van der Waals surface area contributed by atoms with Crippen molar-refractivity contribution >= 4 is 5.97 Å². The second-order valence-electron chi connectivity index (χ2n) is 3.57. The summed E-state index contributed by atoms with van der Waals surface area (Å²) >= 11 is 0. The summed E-state index contributed by atoms with van der Waals surface area (Å²) in [6.45, 7) is 1.92. The molecule has 1 aromatic carbocycles. The molecule has 0 amide bonds. The molecule has 0 radical (unpaired) electrons. The molecule has 0 aliphatic carbocycles. The Hall–Kier alpha value is -2.30. The van der Waals surface area contributed by atoms with E-state index >= 15 is 0 Å². The molecule has 0 saturated heterocycles. The molecule has 1 N–H and O–H groups in total. The zero-order chi connectivity index (χ0) is 12.4. The Bertz CT molecular complexity index is 559. The molecule has 0 bridgehead atoms. The predicted octanol–water partition coefficient (Wildman–Crippen LogP) is 2.36. The lowest BCUT2D eigenvalue weighted by atomic mass is 10.1. The number of carbonyl (C=O) groups is 1. The SMILES string of the molecule is COc1cc(-c2cc(C(=O)O)no2)ccc1C. The molecular formula is C12H11NO4. The van der Waals surface area contributed by atoms with E-state index in [1.54, 1.807) is 13.2 Å². The lowest BCUT2D eigenvalue weighted by molar-refractivity contribution is 0.0686. The van der Waals surface area contributed by atoms with Gasteiger partial charge in [-0.1, -0.05) is 17.3 Å². The predicted molar refractivity (Wildman–Crippen MR) is 60.2 cm³/mol. The minimum Gasteiger partial charge on any atom is -0.496 e. The Morgan fingerprint density at radius 2 is 2.18 bits per heavy atom. The number of nitrogens with zero attached hydrogens (tertiary/aromatic N) is 1. The number of hydrogen-bond donors (Lipinski definition) is 1. The van der Waals surface area contributed by atoms with Crippen molar-refractivity contribution in [2.45, 2.75) is 6.92 Å². The molecule has 2 rings (SSSR count). The molecule has 5 heteroatoms. The number of methoxy groups -OCH3 is 1. The number of aromatic nitrogens is 1. The summed E-state index contributed by atoms with van der Waals surface area (Å²) in [4.78, 5) is 10.7. The van der Waals surface area contributed by atoms with E-state index in [9.17, 15) is 4.79 Å². The Balaban J connectivity index is 2.42. The number of hydrogen-bond acceptors (Lipinski definition) is 4. The quantitative estimate of drug-likeness (QED) is 0.880. The molecule has 0 aliphatic rings. The van der Waals surface area contributed by atoms with Gasteiger partial charge in [0.1, 0.15) is 5.75 Å². The summed E-state index contributed by atoms with van der Waals surface area (Å²) in [5, 5.41) is 12.2. The van der Waals surface area contributed by atoms with Crippen LogP contribution in [0, 0.1) is 6.92 Å². The number of ether oxygens (including phenoxy) is 1. The third-order valence-corrected chi connectivity index (χ3v) is 2.42. The molecular weight excluding hydrogens is 222 g/mol. The number of benzene rings is 1. The third-order valence-electron chi connectivity index (χ3n) is 2.42. The Kier molecular flexibility index (Phi) is 2.82. The van der Waals surface area contributed by atoms with Gasteiger partial charge in [0.25, 0.3) is 0 Å². The van der Waals surface area contributed by atoms with Gasteiger partial charge in [-0.05, 0) is 18.6 Å². The second-order valence-corrected chi connectivity index (χ2v) is 3.57. The van der Waals surface area contributed by atoms with Gasteiger partial charge in [-0.25, -0.2) is 4.79 Å². The molecule has 1 aromatic heterocycles. The molecule has 0 spiro atoms. The first-order chi connectivity index (χ1) is 8.11. The van der Waals surface area contributed by atoms with Gasteiger partial charge in [0, 0.05) is 11.6 Å². The van der Waals surface area contributed by atoms with Crippen molar-refractivity contribution in [3.63, 3.8) is 0 Å². The Morgan fingerprint density at radius 3 is 2.76 bits per heavy atom. The van der Waals surface area contributed by atoms with Crippen LogP contribution in [0.5, 0.6) is 5.75 Å². The van der Waals surface area contributed by atoms with E-state index in [0.29, 0.717) is 5.76 Å². The van der Waals surface area contributed by atoms with E-state index in [1.807, 2.05) is 19.1 Å². The molecule has 0 unspecified atom stereocenters. The number of aryl methyl sites for hydroxylation is 1. The van der Waals surface area contributed by atoms with Gasteiger partial charge in [0.2, 0.25) is 0 Å². The first kappa shape index (κ1) is 11.2. The zero-order valence-electron chi connectivity index (χ0n) is 9.43. The smallest absolute Gasteiger partial charge is 0.358 e. The van der Waals surface area contributed by atoms with E-state index in [2.05, 4.69) is 5.16 Å². The van der Waals surface area contributed by atoms with Crippen LogP contribution in [0.4, 0.5) is 0 Å².